The molecule has 0 unspecified atom stereocenters. The van der Waals surface area contributed by atoms with Crippen LogP contribution in [0.2, 0.25) is 0 Å². The minimum absolute atomic E-state index is 0.0281. The second-order valence-corrected chi connectivity index (χ2v) is 8.59. The molecule has 25 heavy (non-hydrogen) atoms. The molecule has 2 aromatic carbocycles. The van der Waals surface area contributed by atoms with Gasteiger partial charge in [-0.3, -0.25) is 0 Å². The number of fused-ring (bicyclic) bond motifs is 3. The highest BCUT2D eigenvalue weighted by Crippen LogP contribution is 2.41. The lowest BCUT2D eigenvalue weighted by molar-refractivity contribution is 0.572. The first-order valence-electron chi connectivity index (χ1n) is 9.14. The standard InChI is InChI=1S/C23H30N2/c1-11-12(2)14(4)19-18(13(11)3)15(5)16(6)21-20(19)22(23(8,9)10)25-17(7)24-21/h1-10H3. The molecule has 0 spiro atoms. The lowest BCUT2D eigenvalue weighted by Crippen LogP contribution is -2.17. The third-order valence-corrected chi connectivity index (χ3v) is 5.96. The Kier molecular flexibility index (Phi) is 3.94. The Balaban J connectivity index is 2.81. The summed E-state index contributed by atoms with van der Waals surface area (Å²) >= 11 is 0. The van der Waals surface area contributed by atoms with E-state index in [4.69, 9.17) is 9.97 Å². The molecule has 1 aromatic heterocycles. The van der Waals surface area contributed by atoms with Gasteiger partial charge >= 0.3 is 0 Å². The molecule has 2 nitrogen and oxygen atoms in total. The van der Waals surface area contributed by atoms with Gasteiger partial charge in [0, 0.05) is 10.8 Å². The van der Waals surface area contributed by atoms with E-state index < -0.39 is 0 Å². The van der Waals surface area contributed by atoms with Crippen molar-refractivity contribution in [1.29, 1.82) is 0 Å². The zero-order valence-corrected chi connectivity index (χ0v) is 17.4. The topological polar surface area (TPSA) is 25.8 Å². The lowest BCUT2D eigenvalue weighted by atomic mass is 9.81. The molecule has 0 N–H and O–H groups in total. The van der Waals surface area contributed by atoms with Gasteiger partial charge in [-0.2, -0.15) is 0 Å². The van der Waals surface area contributed by atoms with Crippen LogP contribution >= 0.6 is 0 Å². The molecule has 2 heteroatoms. The van der Waals surface area contributed by atoms with Gasteiger partial charge in [0.1, 0.15) is 5.82 Å². The van der Waals surface area contributed by atoms with Crippen LogP contribution < -0.4 is 0 Å². The van der Waals surface area contributed by atoms with Gasteiger partial charge in [-0.1, -0.05) is 20.8 Å². The number of hydrogen-bond donors (Lipinski definition) is 0. The zero-order valence-electron chi connectivity index (χ0n) is 17.4. The Morgan fingerprint density at radius 2 is 1.00 bits per heavy atom. The SMILES string of the molecule is Cc1nc(C(C)(C)C)c2c(n1)c(C)c(C)c1c(C)c(C)c(C)c(C)c12. The van der Waals surface area contributed by atoms with Gasteiger partial charge in [-0.15, -0.1) is 0 Å². The van der Waals surface area contributed by atoms with Crippen LogP contribution in [0.15, 0.2) is 0 Å². The van der Waals surface area contributed by atoms with E-state index in [-0.39, 0.29) is 5.41 Å². The van der Waals surface area contributed by atoms with Crippen molar-refractivity contribution in [2.45, 2.75) is 74.7 Å². The molecule has 0 saturated heterocycles. The number of aryl methyl sites for hydroxylation is 5. The molecule has 0 aliphatic heterocycles. The van der Waals surface area contributed by atoms with Crippen LogP contribution in [0.3, 0.4) is 0 Å². The summed E-state index contributed by atoms with van der Waals surface area (Å²) in [5.74, 6) is 0.859. The number of benzene rings is 2. The summed E-state index contributed by atoms with van der Waals surface area (Å²) in [6, 6.07) is 0. The third-order valence-electron chi connectivity index (χ3n) is 5.96. The second-order valence-electron chi connectivity index (χ2n) is 8.59. The van der Waals surface area contributed by atoms with Gasteiger partial charge in [0.05, 0.1) is 11.2 Å². The van der Waals surface area contributed by atoms with Gasteiger partial charge in [0.15, 0.2) is 0 Å². The molecule has 0 fully saturated rings. The van der Waals surface area contributed by atoms with Gasteiger partial charge < -0.3 is 0 Å². The van der Waals surface area contributed by atoms with Crippen molar-refractivity contribution in [3.05, 3.63) is 44.9 Å². The third kappa shape index (κ3) is 2.46. The molecule has 1 heterocycles. The van der Waals surface area contributed by atoms with E-state index in [2.05, 4.69) is 62.3 Å². The molecule has 0 bridgehead atoms. The van der Waals surface area contributed by atoms with Crippen LogP contribution in [0.1, 0.15) is 65.7 Å². The van der Waals surface area contributed by atoms with Gasteiger partial charge in [-0.05, 0) is 92.6 Å². The molecular formula is C23H30N2. The zero-order chi connectivity index (χ0) is 18.8. The fourth-order valence-electron chi connectivity index (χ4n) is 4.08. The molecule has 0 saturated carbocycles. The van der Waals surface area contributed by atoms with E-state index in [1.807, 2.05) is 6.92 Å². The lowest BCUT2D eigenvalue weighted by Gasteiger charge is -2.25. The fraction of sp³-hybridized carbons (Fsp3) is 0.478. The monoisotopic (exact) mass is 334 g/mol. The molecule has 3 aromatic rings. The Hall–Kier alpha value is -1.96. The van der Waals surface area contributed by atoms with Crippen molar-refractivity contribution < 1.29 is 0 Å². The smallest absolute Gasteiger partial charge is 0.126 e. The normalized spacial score (nSPS) is 12.4. The largest absolute Gasteiger partial charge is 0.237 e. The summed E-state index contributed by atoms with van der Waals surface area (Å²) < 4.78 is 0. The Bertz CT molecular complexity index is 1030. The Labute approximate surface area is 151 Å². The maximum Gasteiger partial charge on any atom is 0.126 e. The fourth-order valence-corrected chi connectivity index (χ4v) is 4.08. The van der Waals surface area contributed by atoms with Crippen molar-refractivity contribution in [3.8, 4) is 0 Å². The summed E-state index contributed by atoms with van der Waals surface area (Å²) in [4.78, 5) is 9.78. The highest BCUT2D eigenvalue weighted by Gasteiger charge is 2.25. The second kappa shape index (κ2) is 5.52. The number of nitrogens with zero attached hydrogens (tertiary/aromatic N) is 2. The van der Waals surface area contributed by atoms with Crippen molar-refractivity contribution in [3.63, 3.8) is 0 Å². The summed E-state index contributed by atoms with van der Waals surface area (Å²) in [6.45, 7) is 22.2. The number of hydrogen-bond acceptors (Lipinski definition) is 2. The van der Waals surface area contributed by atoms with E-state index in [9.17, 15) is 0 Å². The average molecular weight is 335 g/mol. The quantitative estimate of drug-likeness (QED) is 0.455. The highest BCUT2D eigenvalue weighted by molar-refractivity contribution is 6.13. The minimum atomic E-state index is -0.0281. The molecular weight excluding hydrogens is 304 g/mol. The predicted molar refractivity (Wildman–Crippen MR) is 109 cm³/mol. The molecule has 0 atom stereocenters. The van der Waals surface area contributed by atoms with Crippen LogP contribution in [0, 0.1) is 48.5 Å². The maximum atomic E-state index is 4.91. The Morgan fingerprint density at radius 1 is 0.520 bits per heavy atom. The summed E-state index contributed by atoms with van der Waals surface area (Å²) in [5, 5.41) is 3.99. The summed E-state index contributed by atoms with van der Waals surface area (Å²) in [7, 11) is 0. The summed E-state index contributed by atoms with van der Waals surface area (Å²) in [6.07, 6.45) is 0. The van der Waals surface area contributed by atoms with E-state index >= 15 is 0 Å². The van der Waals surface area contributed by atoms with Gasteiger partial charge in [-0.25, -0.2) is 9.97 Å². The molecule has 0 aliphatic carbocycles. The molecule has 0 aliphatic rings. The van der Waals surface area contributed by atoms with Crippen LogP contribution in [-0.2, 0) is 5.41 Å². The maximum absolute atomic E-state index is 4.91. The summed E-state index contributed by atoms with van der Waals surface area (Å²) in [5.41, 5.74) is 10.4. The predicted octanol–water partition coefficient (Wildman–Crippen LogP) is 6.24. The van der Waals surface area contributed by atoms with E-state index in [0.717, 1.165) is 17.0 Å². The van der Waals surface area contributed by atoms with E-state index in [1.54, 1.807) is 0 Å². The van der Waals surface area contributed by atoms with Gasteiger partial charge in [0.25, 0.3) is 0 Å². The van der Waals surface area contributed by atoms with Crippen LogP contribution in [0.25, 0.3) is 21.7 Å². The first-order chi connectivity index (χ1) is 11.5. The molecule has 0 amide bonds. The molecule has 132 valence electrons. The highest BCUT2D eigenvalue weighted by atomic mass is 14.9. The Morgan fingerprint density at radius 3 is 1.52 bits per heavy atom. The average Bonchev–Trinajstić information content (AvgIpc) is 2.52. The first-order valence-corrected chi connectivity index (χ1v) is 9.14. The van der Waals surface area contributed by atoms with Crippen molar-refractivity contribution in [1.82, 2.24) is 9.97 Å². The van der Waals surface area contributed by atoms with Crippen molar-refractivity contribution in [2.24, 2.45) is 0 Å². The van der Waals surface area contributed by atoms with Crippen molar-refractivity contribution >= 4 is 21.7 Å². The van der Waals surface area contributed by atoms with Crippen molar-refractivity contribution in [2.75, 3.05) is 0 Å². The van der Waals surface area contributed by atoms with Crippen LogP contribution in [0.4, 0.5) is 0 Å². The van der Waals surface area contributed by atoms with Gasteiger partial charge in [0.2, 0.25) is 0 Å². The number of aromatic nitrogens is 2. The molecule has 3 rings (SSSR count). The van der Waals surface area contributed by atoms with Crippen LogP contribution in [0.5, 0.6) is 0 Å². The minimum Gasteiger partial charge on any atom is -0.237 e. The first kappa shape index (κ1) is 17.8. The molecule has 0 radical (unpaired) electrons. The number of rotatable bonds is 0. The van der Waals surface area contributed by atoms with Crippen LogP contribution in [-0.4, -0.2) is 9.97 Å². The van der Waals surface area contributed by atoms with E-state index in [1.165, 1.54) is 49.5 Å². The van der Waals surface area contributed by atoms with E-state index in [0.29, 0.717) is 0 Å².